The van der Waals surface area contributed by atoms with Crippen molar-refractivity contribution in [3.63, 3.8) is 0 Å². The van der Waals surface area contributed by atoms with E-state index < -0.39 is 0 Å². The van der Waals surface area contributed by atoms with Crippen LogP contribution in [0.2, 0.25) is 0 Å². The number of hydrogen-bond acceptors (Lipinski definition) is 2. The van der Waals surface area contributed by atoms with Gasteiger partial charge in [-0.3, -0.25) is 0 Å². The molecule has 0 heterocycles. The zero-order valence-corrected chi connectivity index (χ0v) is 15.9. The van der Waals surface area contributed by atoms with E-state index in [2.05, 4.69) is 48.3 Å². The smallest absolute Gasteiger partial charge is 0.185 e. The molecular weight excluding hydrogens is 330 g/mol. The van der Waals surface area contributed by atoms with E-state index in [9.17, 15) is 0 Å². The van der Waals surface area contributed by atoms with Gasteiger partial charge in [0.05, 0.1) is 5.69 Å². The van der Waals surface area contributed by atoms with Crippen LogP contribution in [-0.2, 0) is 0 Å². The van der Waals surface area contributed by atoms with Crippen LogP contribution in [0.5, 0.6) is 0 Å². The number of amidine groups is 1. The summed E-state index contributed by atoms with van der Waals surface area (Å²) in [6.07, 6.45) is 0. The van der Waals surface area contributed by atoms with Gasteiger partial charge in [-0.25, -0.2) is 4.99 Å². The average Bonchev–Trinajstić information content (AvgIpc) is 2.70. The lowest BCUT2D eigenvalue weighted by Crippen LogP contribution is -2.13. The molecule has 0 aromatic heterocycles. The summed E-state index contributed by atoms with van der Waals surface area (Å²) in [5.74, 6) is 3.76. The van der Waals surface area contributed by atoms with Crippen LogP contribution < -0.4 is 10.2 Å². The fourth-order valence-corrected chi connectivity index (χ4v) is 2.46. The Bertz CT molecular complexity index is 960. The number of nitrogens with zero attached hydrogens (tertiary/aromatic N) is 2. The molecule has 0 saturated heterocycles. The Kier molecular flexibility index (Phi) is 5.91. The summed E-state index contributed by atoms with van der Waals surface area (Å²) in [6.45, 7) is 4.13. The number of anilines is 2. The number of hydrogen-bond donors (Lipinski definition) is 1. The van der Waals surface area contributed by atoms with Crippen LogP contribution in [0.1, 0.15) is 11.1 Å². The largest absolute Gasteiger partial charge is 0.333 e. The Morgan fingerprint density at radius 1 is 0.815 bits per heavy atom. The first-order valence-corrected chi connectivity index (χ1v) is 8.90. The van der Waals surface area contributed by atoms with Crippen LogP contribution in [0.4, 0.5) is 17.1 Å². The second-order valence-electron chi connectivity index (χ2n) is 6.42. The zero-order chi connectivity index (χ0) is 19.1. The van der Waals surface area contributed by atoms with E-state index in [0.29, 0.717) is 5.84 Å². The van der Waals surface area contributed by atoms with Gasteiger partial charge in [0.1, 0.15) is 0 Å². The van der Waals surface area contributed by atoms with Crippen molar-refractivity contribution in [2.24, 2.45) is 4.99 Å². The third kappa shape index (κ3) is 5.49. The maximum atomic E-state index is 4.69. The summed E-state index contributed by atoms with van der Waals surface area (Å²) in [7, 11) is 1.94. The topological polar surface area (TPSA) is 27.6 Å². The molecule has 0 unspecified atom stereocenters. The highest BCUT2D eigenvalue weighted by Gasteiger charge is 2.00. The fourth-order valence-electron chi connectivity index (χ4n) is 2.46. The van der Waals surface area contributed by atoms with E-state index in [1.807, 2.05) is 78.7 Å². The van der Waals surface area contributed by atoms with Crippen molar-refractivity contribution in [1.29, 1.82) is 0 Å². The molecule has 3 aromatic rings. The molecule has 3 heteroatoms. The van der Waals surface area contributed by atoms with E-state index in [1.165, 1.54) is 11.1 Å². The molecule has 0 saturated carbocycles. The molecule has 0 aliphatic rings. The lowest BCUT2D eigenvalue weighted by Gasteiger charge is -2.10. The first-order valence-electron chi connectivity index (χ1n) is 8.90. The maximum absolute atomic E-state index is 4.69. The van der Waals surface area contributed by atoms with E-state index in [0.717, 1.165) is 17.1 Å². The Morgan fingerprint density at radius 2 is 1.41 bits per heavy atom. The van der Waals surface area contributed by atoms with Crippen molar-refractivity contribution in [3.8, 4) is 12.0 Å². The molecule has 134 valence electrons. The lowest BCUT2D eigenvalue weighted by atomic mass is 10.2. The minimum atomic E-state index is 0.602. The van der Waals surface area contributed by atoms with Gasteiger partial charge in [-0.2, -0.15) is 0 Å². The normalized spacial score (nSPS) is 10.7. The molecule has 0 fully saturated rings. The summed E-state index contributed by atoms with van der Waals surface area (Å²) in [5.41, 5.74) is 5.29. The van der Waals surface area contributed by atoms with Crippen LogP contribution in [0, 0.1) is 25.8 Å². The van der Waals surface area contributed by atoms with Gasteiger partial charge in [0.15, 0.2) is 5.84 Å². The third-order valence-electron chi connectivity index (χ3n) is 4.07. The number of rotatable bonds is 3. The molecule has 0 aliphatic heterocycles. The van der Waals surface area contributed by atoms with Crippen molar-refractivity contribution in [2.45, 2.75) is 13.8 Å². The van der Waals surface area contributed by atoms with Gasteiger partial charge in [0.25, 0.3) is 0 Å². The molecule has 0 bridgehead atoms. The Hall–Kier alpha value is -3.51. The molecule has 3 nitrogen and oxygen atoms in total. The van der Waals surface area contributed by atoms with Crippen LogP contribution in [0.3, 0.4) is 0 Å². The van der Waals surface area contributed by atoms with Gasteiger partial charge in [0, 0.05) is 24.5 Å². The highest BCUT2D eigenvalue weighted by molar-refractivity contribution is 6.09. The Balaban J connectivity index is 1.88. The summed E-state index contributed by atoms with van der Waals surface area (Å²) in [5, 5.41) is 3.33. The predicted molar refractivity (Wildman–Crippen MR) is 116 cm³/mol. The minimum absolute atomic E-state index is 0.602. The monoisotopic (exact) mass is 353 g/mol. The third-order valence-corrected chi connectivity index (χ3v) is 4.07. The van der Waals surface area contributed by atoms with E-state index >= 15 is 0 Å². The van der Waals surface area contributed by atoms with Gasteiger partial charge < -0.3 is 10.2 Å². The fraction of sp³-hybridized carbons (Fsp3) is 0.125. The molecule has 1 N–H and O–H groups in total. The lowest BCUT2D eigenvalue weighted by molar-refractivity contribution is 1.25. The highest BCUT2D eigenvalue weighted by Crippen LogP contribution is 2.15. The summed E-state index contributed by atoms with van der Waals surface area (Å²) < 4.78 is 0. The first kappa shape index (κ1) is 18.3. The number of aryl methyl sites for hydroxylation is 2. The first-order chi connectivity index (χ1) is 13.1. The van der Waals surface area contributed by atoms with Crippen LogP contribution >= 0.6 is 0 Å². The van der Waals surface area contributed by atoms with Gasteiger partial charge >= 0.3 is 0 Å². The van der Waals surface area contributed by atoms with Crippen molar-refractivity contribution < 1.29 is 0 Å². The number of nitrogens with one attached hydrogen (secondary N) is 1. The highest BCUT2D eigenvalue weighted by atomic mass is 15.1. The van der Waals surface area contributed by atoms with Gasteiger partial charge in [-0.05, 0) is 56.2 Å². The second-order valence-corrected chi connectivity index (χ2v) is 6.42. The summed E-state index contributed by atoms with van der Waals surface area (Å²) in [6, 6.07) is 29.5. The van der Waals surface area contributed by atoms with Crippen molar-refractivity contribution in [3.05, 3.63) is 90.0 Å². The van der Waals surface area contributed by atoms with E-state index in [1.54, 1.807) is 0 Å². The summed E-state index contributed by atoms with van der Waals surface area (Å²) in [4.78, 5) is 6.58. The summed E-state index contributed by atoms with van der Waals surface area (Å²) >= 11 is 0. The molecule has 0 aliphatic carbocycles. The predicted octanol–water partition coefficient (Wildman–Crippen LogP) is 5.54. The van der Waals surface area contributed by atoms with Crippen molar-refractivity contribution in [1.82, 2.24) is 0 Å². The van der Waals surface area contributed by atoms with Gasteiger partial charge in [-0.1, -0.05) is 53.6 Å². The van der Waals surface area contributed by atoms with Gasteiger partial charge in [0.2, 0.25) is 0 Å². The van der Waals surface area contributed by atoms with E-state index in [4.69, 9.17) is 0 Å². The van der Waals surface area contributed by atoms with E-state index in [-0.39, 0.29) is 0 Å². The molecule has 0 radical (unpaired) electrons. The Morgan fingerprint density at radius 3 is 2.04 bits per heavy atom. The van der Waals surface area contributed by atoms with Crippen LogP contribution in [0.15, 0.2) is 83.9 Å². The molecule has 0 atom stereocenters. The number of aliphatic imine (C=N–C) groups is 1. The average molecular weight is 353 g/mol. The molecule has 27 heavy (non-hydrogen) atoms. The minimum Gasteiger partial charge on any atom is -0.333 e. The molecule has 3 rings (SSSR count). The van der Waals surface area contributed by atoms with Crippen molar-refractivity contribution >= 4 is 22.9 Å². The molecule has 3 aromatic carbocycles. The molecule has 0 spiro atoms. The second kappa shape index (κ2) is 8.73. The standard InChI is InChI=1S/C24H23N3/c1-19-9-13-21(14-10-19)25-24(26-22-15-11-20(2)12-16-22)17-18-27(3)23-7-5-4-6-8-23/h4-16H,1-3H3,(H,25,26). The SMILES string of the molecule is Cc1ccc(N=C(C#CN(C)c2ccccc2)Nc2ccc(C)cc2)cc1. The number of benzene rings is 3. The van der Waals surface area contributed by atoms with Crippen LogP contribution in [0.25, 0.3) is 0 Å². The molecule has 0 amide bonds. The van der Waals surface area contributed by atoms with Crippen LogP contribution in [-0.4, -0.2) is 12.9 Å². The quantitative estimate of drug-likeness (QED) is 0.290. The molecular formula is C24H23N3. The maximum Gasteiger partial charge on any atom is 0.185 e. The van der Waals surface area contributed by atoms with Gasteiger partial charge in [-0.15, -0.1) is 0 Å². The number of para-hydroxylation sites is 1. The Labute approximate surface area is 161 Å². The van der Waals surface area contributed by atoms with Crippen molar-refractivity contribution in [2.75, 3.05) is 17.3 Å². The zero-order valence-electron chi connectivity index (χ0n) is 15.9.